The average Bonchev–Trinajstić information content (AvgIpc) is 3.00. The van der Waals surface area contributed by atoms with E-state index in [0.29, 0.717) is 6.04 Å². The minimum absolute atomic E-state index is 0.378. The maximum absolute atomic E-state index is 6.19. The number of fused-ring (bicyclic) bond motifs is 1. The second-order valence-electron chi connectivity index (χ2n) is 5.01. The van der Waals surface area contributed by atoms with Crippen LogP contribution in [-0.4, -0.2) is 25.6 Å². The van der Waals surface area contributed by atoms with E-state index < -0.39 is 0 Å². The van der Waals surface area contributed by atoms with Crippen LogP contribution in [0.15, 0.2) is 24.5 Å². The predicted molar refractivity (Wildman–Crippen MR) is 76.2 cm³/mol. The standard InChI is InChI=1S/C14H19ClN4/c1-3-17-7-6-16-14(17)10-18-8-9-19-12(11(18)2)4-5-13(19)15/h4-7,11H,3,8-10H2,1-2H3/t11-/m1/s1. The molecule has 0 unspecified atom stereocenters. The number of hydrogen-bond acceptors (Lipinski definition) is 2. The number of rotatable bonds is 3. The van der Waals surface area contributed by atoms with E-state index in [1.165, 1.54) is 5.69 Å². The molecule has 0 saturated heterocycles. The lowest BCUT2D eigenvalue weighted by Crippen LogP contribution is -2.36. The van der Waals surface area contributed by atoms with Crippen molar-refractivity contribution in [3.05, 3.63) is 41.2 Å². The number of aromatic nitrogens is 3. The van der Waals surface area contributed by atoms with E-state index in [2.05, 4.69) is 38.9 Å². The summed E-state index contributed by atoms with van der Waals surface area (Å²) in [5.41, 5.74) is 1.30. The molecular weight excluding hydrogens is 260 g/mol. The predicted octanol–water partition coefficient (Wildman–Crippen LogP) is 2.93. The Kier molecular flexibility index (Phi) is 3.37. The molecule has 0 aliphatic carbocycles. The first-order chi connectivity index (χ1) is 9.20. The van der Waals surface area contributed by atoms with Gasteiger partial charge in [-0.1, -0.05) is 11.6 Å². The molecule has 0 radical (unpaired) electrons. The van der Waals surface area contributed by atoms with Crippen LogP contribution >= 0.6 is 11.6 Å². The lowest BCUT2D eigenvalue weighted by atomic mass is 10.1. The van der Waals surface area contributed by atoms with Gasteiger partial charge in [0.05, 0.1) is 6.54 Å². The average molecular weight is 279 g/mol. The van der Waals surface area contributed by atoms with Gasteiger partial charge in [-0.2, -0.15) is 0 Å². The van der Waals surface area contributed by atoms with Crippen molar-refractivity contribution in [1.82, 2.24) is 19.0 Å². The van der Waals surface area contributed by atoms with Crippen molar-refractivity contribution in [2.75, 3.05) is 6.54 Å². The third-order valence-corrected chi connectivity index (χ3v) is 4.36. The van der Waals surface area contributed by atoms with Gasteiger partial charge in [-0.3, -0.25) is 4.90 Å². The van der Waals surface area contributed by atoms with Crippen LogP contribution in [0.3, 0.4) is 0 Å². The van der Waals surface area contributed by atoms with Crippen molar-refractivity contribution in [3.63, 3.8) is 0 Å². The zero-order valence-electron chi connectivity index (χ0n) is 11.4. The molecule has 0 spiro atoms. The van der Waals surface area contributed by atoms with Crippen molar-refractivity contribution >= 4 is 11.6 Å². The molecule has 0 saturated carbocycles. The number of nitrogens with zero attached hydrogens (tertiary/aromatic N) is 4. The summed E-state index contributed by atoms with van der Waals surface area (Å²) >= 11 is 6.19. The molecule has 3 rings (SSSR count). The first-order valence-electron chi connectivity index (χ1n) is 6.79. The van der Waals surface area contributed by atoms with Gasteiger partial charge in [-0.05, 0) is 26.0 Å². The highest BCUT2D eigenvalue weighted by Crippen LogP contribution is 2.30. The molecule has 19 heavy (non-hydrogen) atoms. The largest absolute Gasteiger partial charge is 0.334 e. The zero-order valence-corrected chi connectivity index (χ0v) is 12.1. The van der Waals surface area contributed by atoms with Gasteiger partial charge in [0.15, 0.2) is 0 Å². The quantitative estimate of drug-likeness (QED) is 0.863. The van der Waals surface area contributed by atoms with Gasteiger partial charge in [0, 0.05) is 43.8 Å². The molecule has 0 aromatic carbocycles. The Labute approximate surface area is 118 Å². The molecule has 1 aliphatic heterocycles. The lowest BCUT2D eigenvalue weighted by Gasteiger charge is -2.34. The summed E-state index contributed by atoms with van der Waals surface area (Å²) in [5, 5.41) is 0.844. The summed E-state index contributed by atoms with van der Waals surface area (Å²) in [6.07, 6.45) is 3.93. The van der Waals surface area contributed by atoms with Crippen molar-refractivity contribution in [3.8, 4) is 0 Å². The van der Waals surface area contributed by atoms with Gasteiger partial charge in [0.2, 0.25) is 0 Å². The second kappa shape index (κ2) is 5.02. The highest BCUT2D eigenvalue weighted by atomic mass is 35.5. The number of imidazole rings is 1. The number of halogens is 1. The molecule has 102 valence electrons. The first-order valence-corrected chi connectivity index (χ1v) is 7.17. The maximum Gasteiger partial charge on any atom is 0.122 e. The minimum Gasteiger partial charge on any atom is -0.334 e. The number of hydrogen-bond donors (Lipinski definition) is 0. The summed E-state index contributed by atoms with van der Waals surface area (Å²) in [7, 11) is 0. The van der Waals surface area contributed by atoms with Crippen LogP contribution in [0.5, 0.6) is 0 Å². The molecule has 0 amide bonds. The van der Waals surface area contributed by atoms with Gasteiger partial charge >= 0.3 is 0 Å². The molecule has 5 heteroatoms. The van der Waals surface area contributed by atoms with E-state index in [-0.39, 0.29) is 0 Å². The van der Waals surface area contributed by atoms with Crippen LogP contribution in [-0.2, 0) is 19.6 Å². The summed E-state index contributed by atoms with van der Waals surface area (Å²) in [6.45, 7) is 8.22. The Morgan fingerprint density at radius 1 is 1.37 bits per heavy atom. The van der Waals surface area contributed by atoms with Crippen LogP contribution in [0.4, 0.5) is 0 Å². The molecule has 0 bridgehead atoms. The monoisotopic (exact) mass is 278 g/mol. The highest BCUT2D eigenvalue weighted by Gasteiger charge is 2.25. The lowest BCUT2D eigenvalue weighted by molar-refractivity contribution is 0.155. The van der Waals surface area contributed by atoms with E-state index in [1.54, 1.807) is 0 Å². The Morgan fingerprint density at radius 2 is 2.21 bits per heavy atom. The molecule has 0 fully saturated rings. The summed E-state index contributed by atoms with van der Waals surface area (Å²) in [4.78, 5) is 6.92. The molecule has 3 heterocycles. The van der Waals surface area contributed by atoms with Crippen molar-refractivity contribution in [1.29, 1.82) is 0 Å². The van der Waals surface area contributed by atoms with E-state index in [1.807, 2.05) is 18.5 Å². The molecule has 0 N–H and O–H groups in total. The smallest absolute Gasteiger partial charge is 0.122 e. The van der Waals surface area contributed by atoms with Gasteiger partial charge in [-0.25, -0.2) is 4.98 Å². The van der Waals surface area contributed by atoms with E-state index in [4.69, 9.17) is 11.6 Å². The van der Waals surface area contributed by atoms with Crippen molar-refractivity contribution < 1.29 is 0 Å². The van der Waals surface area contributed by atoms with Crippen molar-refractivity contribution in [2.45, 2.75) is 39.5 Å². The Hall–Kier alpha value is -1.26. The molecule has 2 aromatic heterocycles. The fourth-order valence-corrected chi connectivity index (χ4v) is 3.09. The summed E-state index contributed by atoms with van der Waals surface area (Å²) in [5.74, 6) is 1.14. The van der Waals surface area contributed by atoms with Gasteiger partial charge in [0.1, 0.15) is 11.0 Å². The van der Waals surface area contributed by atoms with E-state index in [9.17, 15) is 0 Å². The highest BCUT2D eigenvalue weighted by molar-refractivity contribution is 6.29. The topological polar surface area (TPSA) is 26.0 Å². The van der Waals surface area contributed by atoms with Crippen molar-refractivity contribution in [2.24, 2.45) is 0 Å². The van der Waals surface area contributed by atoms with Crippen LogP contribution in [0.2, 0.25) is 5.15 Å². The van der Waals surface area contributed by atoms with Gasteiger partial charge in [0.25, 0.3) is 0 Å². The Morgan fingerprint density at radius 3 is 3.00 bits per heavy atom. The van der Waals surface area contributed by atoms with Gasteiger partial charge < -0.3 is 9.13 Å². The summed E-state index contributed by atoms with van der Waals surface area (Å²) in [6, 6.07) is 4.50. The van der Waals surface area contributed by atoms with Crippen LogP contribution in [0.1, 0.15) is 31.4 Å². The van der Waals surface area contributed by atoms with Crippen LogP contribution in [0, 0.1) is 0 Å². The third-order valence-electron chi connectivity index (χ3n) is 4.03. The molecule has 2 aromatic rings. The first kappa shape index (κ1) is 12.8. The van der Waals surface area contributed by atoms with Crippen LogP contribution < -0.4 is 0 Å². The molecular formula is C14H19ClN4. The van der Waals surface area contributed by atoms with Gasteiger partial charge in [-0.15, -0.1) is 0 Å². The Balaban J connectivity index is 1.81. The fourth-order valence-electron chi connectivity index (χ4n) is 2.84. The number of aryl methyl sites for hydroxylation is 1. The minimum atomic E-state index is 0.378. The van der Waals surface area contributed by atoms with Crippen LogP contribution in [0.25, 0.3) is 0 Å². The second-order valence-corrected chi connectivity index (χ2v) is 5.40. The maximum atomic E-state index is 6.19. The summed E-state index contributed by atoms with van der Waals surface area (Å²) < 4.78 is 4.41. The van der Waals surface area contributed by atoms with E-state index >= 15 is 0 Å². The SMILES string of the molecule is CCn1ccnc1CN1CCn2c(Cl)ccc2[C@H]1C. The van der Waals surface area contributed by atoms with E-state index in [0.717, 1.165) is 37.2 Å². The molecule has 1 aliphatic rings. The molecule has 4 nitrogen and oxygen atoms in total. The fraction of sp³-hybridized carbons (Fsp3) is 0.500. The molecule has 1 atom stereocenters. The third kappa shape index (κ3) is 2.19. The Bertz CT molecular complexity index is 572. The normalized spacial score (nSPS) is 19.6. The zero-order chi connectivity index (χ0) is 13.4.